The van der Waals surface area contributed by atoms with E-state index in [1.807, 2.05) is 24.3 Å². The van der Waals surface area contributed by atoms with Gasteiger partial charge in [-0.15, -0.1) is 10.2 Å². The van der Waals surface area contributed by atoms with Crippen molar-refractivity contribution in [1.29, 1.82) is 0 Å². The first kappa shape index (κ1) is 18.1. The van der Waals surface area contributed by atoms with Crippen molar-refractivity contribution >= 4 is 56.0 Å². The maximum Gasteiger partial charge on any atom is 0.236 e. The molecule has 1 aliphatic rings. The maximum atomic E-state index is 12.4. The number of para-hydroxylation sites is 1. The van der Waals surface area contributed by atoms with Crippen LogP contribution < -0.4 is 10.2 Å². The van der Waals surface area contributed by atoms with Crippen molar-refractivity contribution in [1.82, 2.24) is 19.7 Å². The molecule has 1 amide bonds. The predicted octanol–water partition coefficient (Wildman–Crippen LogP) is 4.08. The van der Waals surface area contributed by atoms with Crippen molar-refractivity contribution in [2.45, 2.75) is 18.6 Å². The molecular weight excluding hydrogens is 404 g/mol. The summed E-state index contributed by atoms with van der Waals surface area (Å²) in [6.07, 6.45) is 0. The zero-order valence-electron chi connectivity index (χ0n) is 15.7. The van der Waals surface area contributed by atoms with Crippen LogP contribution in [0.5, 0.6) is 0 Å². The molecule has 1 aliphatic heterocycles. The Bertz CT molecular complexity index is 1150. The lowest BCUT2D eigenvalue weighted by atomic mass is 10.2. The summed E-state index contributed by atoms with van der Waals surface area (Å²) in [6.45, 7) is 3.72. The van der Waals surface area contributed by atoms with Crippen LogP contribution in [0.25, 0.3) is 10.2 Å². The average molecular weight is 423 g/mol. The van der Waals surface area contributed by atoms with E-state index in [4.69, 9.17) is 0 Å². The van der Waals surface area contributed by atoms with Crippen molar-refractivity contribution in [3.05, 3.63) is 54.1 Å². The van der Waals surface area contributed by atoms with Crippen LogP contribution in [0.2, 0.25) is 0 Å². The lowest BCUT2D eigenvalue weighted by Gasteiger charge is -2.15. The number of nitrogens with zero attached hydrogens (tertiary/aromatic N) is 5. The topological polar surface area (TPSA) is 75.9 Å². The molecule has 0 aliphatic carbocycles. The number of aromatic nitrogens is 4. The second kappa shape index (κ2) is 7.49. The first-order valence-electron chi connectivity index (χ1n) is 9.23. The summed E-state index contributed by atoms with van der Waals surface area (Å²) in [5.74, 6) is 0.987. The number of hydrogen-bond acceptors (Lipinski definition) is 7. The highest BCUT2D eigenvalue weighted by molar-refractivity contribution is 7.99. The Morgan fingerprint density at radius 2 is 1.97 bits per heavy atom. The Balaban J connectivity index is 1.24. The highest BCUT2D eigenvalue weighted by Crippen LogP contribution is 2.32. The monoisotopic (exact) mass is 422 g/mol. The second-order valence-corrected chi connectivity index (χ2v) is 8.72. The molecule has 0 spiro atoms. The van der Waals surface area contributed by atoms with E-state index in [0.29, 0.717) is 5.13 Å². The predicted molar refractivity (Wildman–Crippen MR) is 117 cm³/mol. The molecule has 2 aromatic heterocycles. The zero-order chi connectivity index (χ0) is 19.8. The Kier molecular flexibility index (Phi) is 4.69. The van der Waals surface area contributed by atoms with Gasteiger partial charge in [-0.3, -0.25) is 9.36 Å². The summed E-state index contributed by atoms with van der Waals surface area (Å²) in [7, 11) is 0. The molecule has 0 saturated carbocycles. The number of aryl methyl sites for hydroxylation is 1. The number of benzene rings is 2. The fraction of sp³-hybridized carbons (Fsp3) is 0.200. The number of thiazole rings is 1. The standard InChI is InChI=1S/C20H18N6OS2/c1-13-6-8-14(9-7-13)25-10-11-26-19(25)23-24-20(26)28-12-17(27)22-18-21-15-4-2-3-5-16(15)29-18/h2-9H,10-12H2,1H3,(H,21,22,27). The molecule has 9 heteroatoms. The van der Waals surface area contributed by atoms with Gasteiger partial charge in [0.2, 0.25) is 11.9 Å². The van der Waals surface area contributed by atoms with Crippen LogP contribution in [0.15, 0.2) is 53.7 Å². The summed E-state index contributed by atoms with van der Waals surface area (Å²) in [4.78, 5) is 19.0. The molecule has 4 aromatic rings. The number of fused-ring (bicyclic) bond motifs is 2. The highest BCUT2D eigenvalue weighted by Gasteiger charge is 2.26. The van der Waals surface area contributed by atoms with Gasteiger partial charge in [-0.2, -0.15) is 0 Å². The van der Waals surface area contributed by atoms with Gasteiger partial charge >= 0.3 is 0 Å². The zero-order valence-corrected chi connectivity index (χ0v) is 17.3. The molecule has 0 saturated heterocycles. The van der Waals surface area contributed by atoms with E-state index in [-0.39, 0.29) is 11.7 Å². The van der Waals surface area contributed by atoms with Crippen LogP contribution in [0.4, 0.5) is 16.8 Å². The van der Waals surface area contributed by atoms with E-state index in [1.54, 1.807) is 0 Å². The first-order chi connectivity index (χ1) is 14.2. The summed E-state index contributed by atoms with van der Waals surface area (Å²) >= 11 is 2.87. The molecule has 0 unspecified atom stereocenters. The fourth-order valence-corrected chi connectivity index (χ4v) is 4.91. The summed E-state index contributed by atoms with van der Waals surface area (Å²) < 4.78 is 3.12. The van der Waals surface area contributed by atoms with Crippen molar-refractivity contribution in [2.24, 2.45) is 0 Å². The lowest BCUT2D eigenvalue weighted by Crippen LogP contribution is -2.14. The molecule has 5 rings (SSSR count). The molecule has 0 atom stereocenters. The molecular formula is C20H18N6OS2. The van der Waals surface area contributed by atoms with E-state index in [1.165, 1.54) is 28.7 Å². The van der Waals surface area contributed by atoms with Gasteiger partial charge in [-0.1, -0.05) is 52.9 Å². The van der Waals surface area contributed by atoms with Gasteiger partial charge in [0, 0.05) is 18.8 Å². The summed E-state index contributed by atoms with van der Waals surface area (Å²) in [5, 5.41) is 12.9. The van der Waals surface area contributed by atoms with Gasteiger partial charge in [0.15, 0.2) is 10.3 Å². The quantitative estimate of drug-likeness (QED) is 0.489. The third-order valence-corrected chi connectivity index (χ3v) is 6.62. The van der Waals surface area contributed by atoms with Crippen molar-refractivity contribution in [3.8, 4) is 0 Å². The van der Waals surface area contributed by atoms with Crippen LogP contribution >= 0.6 is 23.1 Å². The molecule has 0 bridgehead atoms. The molecule has 0 fully saturated rings. The minimum Gasteiger partial charge on any atom is -0.309 e. The minimum atomic E-state index is -0.0974. The third-order valence-electron chi connectivity index (χ3n) is 4.70. The Labute approximate surface area is 175 Å². The number of hydrogen-bond donors (Lipinski definition) is 1. The molecule has 7 nitrogen and oxygen atoms in total. The molecule has 3 heterocycles. The normalized spacial score (nSPS) is 13.1. The lowest BCUT2D eigenvalue weighted by molar-refractivity contribution is -0.113. The summed E-state index contributed by atoms with van der Waals surface area (Å²) in [6, 6.07) is 16.2. The number of anilines is 3. The van der Waals surface area contributed by atoms with E-state index < -0.39 is 0 Å². The van der Waals surface area contributed by atoms with Gasteiger partial charge in [-0.05, 0) is 31.2 Å². The summed E-state index contributed by atoms with van der Waals surface area (Å²) in [5.41, 5.74) is 3.23. The fourth-order valence-electron chi connectivity index (χ4n) is 3.26. The number of amides is 1. The second-order valence-electron chi connectivity index (χ2n) is 6.74. The largest absolute Gasteiger partial charge is 0.309 e. The van der Waals surface area contributed by atoms with Gasteiger partial charge in [0.05, 0.1) is 16.0 Å². The Morgan fingerprint density at radius 1 is 1.14 bits per heavy atom. The van der Waals surface area contributed by atoms with Gasteiger partial charge in [0.25, 0.3) is 0 Å². The van der Waals surface area contributed by atoms with Crippen LogP contribution in [0, 0.1) is 6.92 Å². The van der Waals surface area contributed by atoms with E-state index in [0.717, 1.165) is 40.1 Å². The van der Waals surface area contributed by atoms with Gasteiger partial charge in [0.1, 0.15) is 0 Å². The van der Waals surface area contributed by atoms with Crippen LogP contribution in [-0.2, 0) is 11.3 Å². The first-order valence-corrected chi connectivity index (χ1v) is 11.0. The van der Waals surface area contributed by atoms with Crippen molar-refractivity contribution in [2.75, 3.05) is 22.5 Å². The maximum absolute atomic E-state index is 12.4. The third kappa shape index (κ3) is 3.58. The number of carbonyl (C=O) groups is 1. The number of nitrogens with one attached hydrogen (secondary N) is 1. The van der Waals surface area contributed by atoms with Crippen LogP contribution in [-0.4, -0.2) is 38.0 Å². The highest BCUT2D eigenvalue weighted by atomic mass is 32.2. The number of carbonyl (C=O) groups excluding carboxylic acids is 1. The smallest absolute Gasteiger partial charge is 0.236 e. The van der Waals surface area contributed by atoms with Crippen molar-refractivity contribution in [3.63, 3.8) is 0 Å². The average Bonchev–Trinajstić information content (AvgIpc) is 3.41. The van der Waals surface area contributed by atoms with Crippen LogP contribution in [0.3, 0.4) is 0 Å². The van der Waals surface area contributed by atoms with E-state index in [9.17, 15) is 4.79 Å². The number of thioether (sulfide) groups is 1. The minimum absolute atomic E-state index is 0.0974. The molecule has 2 aromatic carbocycles. The molecule has 1 N–H and O–H groups in total. The van der Waals surface area contributed by atoms with E-state index >= 15 is 0 Å². The van der Waals surface area contributed by atoms with Gasteiger partial charge in [-0.25, -0.2) is 4.98 Å². The van der Waals surface area contributed by atoms with Crippen molar-refractivity contribution < 1.29 is 4.79 Å². The number of rotatable bonds is 5. The Hall–Kier alpha value is -2.91. The molecule has 0 radical (unpaired) electrons. The SMILES string of the molecule is Cc1ccc(N2CCn3c(SCC(=O)Nc4nc5ccccc5s4)nnc32)cc1. The van der Waals surface area contributed by atoms with E-state index in [2.05, 4.69) is 61.2 Å². The Morgan fingerprint density at radius 3 is 2.79 bits per heavy atom. The molecule has 29 heavy (non-hydrogen) atoms. The molecule has 146 valence electrons. The van der Waals surface area contributed by atoms with Crippen LogP contribution in [0.1, 0.15) is 5.56 Å². The van der Waals surface area contributed by atoms with Gasteiger partial charge < -0.3 is 10.2 Å².